The number of thiazole rings is 1. The summed E-state index contributed by atoms with van der Waals surface area (Å²) in [6.45, 7) is 1.80. The number of rotatable bonds is 5. The molecule has 0 aliphatic carbocycles. The van der Waals surface area contributed by atoms with Gasteiger partial charge in [0.15, 0.2) is 9.84 Å². The van der Waals surface area contributed by atoms with Crippen molar-refractivity contribution < 1.29 is 13.2 Å². The van der Waals surface area contributed by atoms with E-state index in [0.29, 0.717) is 17.9 Å². The minimum absolute atomic E-state index is 0.0360. The lowest BCUT2D eigenvalue weighted by atomic mass is 10.0. The predicted octanol–water partition coefficient (Wildman–Crippen LogP) is 2.22. The number of thioether (sulfide) groups is 1. The summed E-state index contributed by atoms with van der Waals surface area (Å²) in [5, 5.41) is 3.87. The van der Waals surface area contributed by atoms with Gasteiger partial charge in [-0.15, -0.1) is 23.1 Å². The summed E-state index contributed by atoms with van der Waals surface area (Å²) in [4.78, 5) is 16.6. The number of benzene rings is 1. The number of fused-ring (bicyclic) bond motifs is 1. The first-order valence-electron chi connectivity index (χ1n) is 7.29. The van der Waals surface area contributed by atoms with Crippen LogP contribution >= 0.6 is 23.1 Å². The Kier molecular flexibility index (Phi) is 4.66. The minimum atomic E-state index is -3.01. The molecule has 0 saturated carbocycles. The fourth-order valence-electron chi connectivity index (χ4n) is 2.69. The topological polar surface area (TPSA) is 76.1 Å². The lowest BCUT2D eigenvalue weighted by Gasteiger charge is -2.23. The Morgan fingerprint density at radius 1 is 1.43 bits per heavy atom. The molecule has 23 heavy (non-hydrogen) atoms. The fraction of sp³-hybridized carbons (Fsp3) is 0.467. The van der Waals surface area contributed by atoms with Crippen molar-refractivity contribution in [3.8, 4) is 0 Å². The third-order valence-corrected chi connectivity index (χ3v) is 7.81. The highest BCUT2D eigenvalue weighted by Gasteiger charge is 2.39. The zero-order valence-corrected chi connectivity index (χ0v) is 15.2. The third kappa shape index (κ3) is 4.24. The van der Waals surface area contributed by atoms with Gasteiger partial charge in [-0.3, -0.25) is 4.79 Å². The number of hydrogen-bond acceptors (Lipinski definition) is 6. The molecule has 1 aliphatic rings. The summed E-state index contributed by atoms with van der Waals surface area (Å²) < 4.78 is 24.2. The molecule has 124 valence electrons. The van der Waals surface area contributed by atoms with E-state index in [9.17, 15) is 13.2 Å². The molecule has 1 fully saturated rings. The van der Waals surface area contributed by atoms with Gasteiger partial charge in [0.2, 0.25) is 5.91 Å². The molecular weight excluding hydrogens is 352 g/mol. The number of nitrogens with zero attached hydrogens (tertiary/aromatic N) is 1. The highest BCUT2D eigenvalue weighted by molar-refractivity contribution is 7.99. The number of carbonyl (C=O) groups excluding carboxylic acids is 1. The van der Waals surface area contributed by atoms with Gasteiger partial charge < -0.3 is 5.32 Å². The van der Waals surface area contributed by atoms with Crippen molar-refractivity contribution >= 4 is 49.1 Å². The molecule has 0 radical (unpaired) electrons. The van der Waals surface area contributed by atoms with Crippen molar-refractivity contribution in [2.75, 3.05) is 17.3 Å². The van der Waals surface area contributed by atoms with E-state index in [4.69, 9.17) is 0 Å². The molecule has 1 aromatic heterocycles. The molecule has 1 atom stereocenters. The van der Waals surface area contributed by atoms with E-state index in [1.165, 1.54) is 11.8 Å². The summed E-state index contributed by atoms with van der Waals surface area (Å²) in [6, 6.07) is 7.97. The molecule has 0 bridgehead atoms. The van der Waals surface area contributed by atoms with Gasteiger partial charge in [0, 0.05) is 5.75 Å². The lowest BCUT2D eigenvalue weighted by Crippen LogP contribution is -2.47. The first kappa shape index (κ1) is 16.7. The van der Waals surface area contributed by atoms with Crippen LogP contribution in [0, 0.1) is 0 Å². The van der Waals surface area contributed by atoms with Gasteiger partial charge in [-0.1, -0.05) is 12.1 Å². The van der Waals surface area contributed by atoms with E-state index in [2.05, 4.69) is 10.3 Å². The first-order valence-corrected chi connectivity index (χ1v) is 11.1. The summed E-state index contributed by atoms with van der Waals surface area (Å²) in [7, 11) is -3.01. The molecule has 1 aliphatic heterocycles. The van der Waals surface area contributed by atoms with Crippen molar-refractivity contribution in [2.45, 2.75) is 24.6 Å². The van der Waals surface area contributed by atoms with Crippen molar-refractivity contribution in [3.63, 3.8) is 0 Å². The van der Waals surface area contributed by atoms with Crippen LogP contribution in [0.4, 0.5) is 0 Å². The van der Waals surface area contributed by atoms with Crippen LogP contribution in [0.5, 0.6) is 0 Å². The van der Waals surface area contributed by atoms with Crippen LogP contribution in [0.1, 0.15) is 18.4 Å². The van der Waals surface area contributed by atoms with Crippen molar-refractivity contribution in [1.29, 1.82) is 0 Å². The molecule has 8 heteroatoms. The normalized spacial score (nSPS) is 23.2. The summed E-state index contributed by atoms with van der Waals surface area (Å²) >= 11 is 3.14. The second kappa shape index (κ2) is 6.41. The molecule has 1 aromatic carbocycles. The average molecular weight is 371 g/mol. The monoisotopic (exact) mass is 370 g/mol. The highest BCUT2D eigenvalue weighted by atomic mass is 32.2. The van der Waals surface area contributed by atoms with Gasteiger partial charge in [-0.2, -0.15) is 0 Å². The molecule has 1 saturated heterocycles. The van der Waals surface area contributed by atoms with E-state index in [1.807, 2.05) is 24.3 Å². The maximum Gasteiger partial charge on any atom is 0.230 e. The Labute approximate surface area is 143 Å². The molecular formula is C15H18N2O3S3. The standard InChI is InChI=1S/C15H18N2O3S3/c1-15(6-7-23(19,20)10-15)17-13(18)8-21-9-14-16-11-4-2-3-5-12(11)22-14/h2-5H,6-10H2,1H3,(H,17,18). The van der Waals surface area contributed by atoms with Gasteiger partial charge in [-0.05, 0) is 25.5 Å². The van der Waals surface area contributed by atoms with Crippen LogP contribution in [-0.4, -0.2) is 42.1 Å². The Bertz CT molecular complexity index is 798. The van der Waals surface area contributed by atoms with Crippen LogP contribution in [0.25, 0.3) is 10.2 Å². The van der Waals surface area contributed by atoms with Gasteiger partial charge in [0.25, 0.3) is 0 Å². The summed E-state index contributed by atoms with van der Waals surface area (Å²) in [5.41, 5.74) is 0.369. The largest absolute Gasteiger partial charge is 0.349 e. The van der Waals surface area contributed by atoms with Crippen LogP contribution in [0.3, 0.4) is 0 Å². The maximum absolute atomic E-state index is 12.0. The van der Waals surface area contributed by atoms with Crippen molar-refractivity contribution in [1.82, 2.24) is 10.3 Å². The first-order chi connectivity index (χ1) is 10.9. The predicted molar refractivity (Wildman–Crippen MR) is 95.6 cm³/mol. The summed E-state index contributed by atoms with van der Waals surface area (Å²) in [6.07, 6.45) is 0.490. The van der Waals surface area contributed by atoms with E-state index < -0.39 is 15.4 Å². The summed E-state index contributed by atoms with van der Waals surface area (Å²) in [5.74, 6) is 1.07. The Morgan fingerprint density at radius 2 is 2.22 bits per heavy atom. The minimum Gasteiger partial charge on any atom is -0.349 e. The fourth-order valence-corrected chi connectivity index (χ4v) is 6.63. The quantitative estimate of drug-likeness (QED) is 0.873. The van der Waals surface area contributed by atoms with Crippen LogP contribution in [-0.2, 0) is 20.4 Å². The number of nitrogens with one attached hydrogen (secondary N) is 1. The van der Waals surface area contributed by atoms with Crippen molar-refractivity contribution in [2.24, 2.45) is 0 Å². The molecule has 1 unspecified atom stereocenters. The van der Waals surface area contributed by atoms with E-state index in [0.717, 1.165) is 15.2 Å². The maximum atomic E-state index is 12.0. The Hall–Kier alpha value is -1.12. The number of amides is 1. The van der Waals surface area contributed by atoms with Crippen molar-refractivity contribution in [3.05, 3.63) is 29.3 Å². The molecule has 2 aromatic rings. The zero-order chi connectivity index (χ0) is 16.5. The smallest absolute Gasteiger partial charge is 0.230 e. The van der Waals surface area contributed by atoms with Gasteiger partial charge in [0.1, 0.15) is 5.01 Å². The van der Waals surface area contributed by atoms with Gasteiger partial charge in [-0.25, -0.2) is 13.4 Å². The average Bonchev–Trinajstić information content (AvgIpc) is 2.98. The van der Waals surface area contributed by atoms with Gasteiger partial charge in [0.05, 0.1) is 33.0 Å². The molecule has 1 N–H and O–H groups in total. The number of hydrogen-bond donors (Lipinski definition) is 1. The molecule has 2 heterocycles. The number of carbonyl (C=O) groups is 1. The number of sulfone groups is 1. The zero-order valence-electron chi connectivity index (χ0n) is 12.7. The van der Waals surface area contributed by atoms with Crippen LogP contribution in [0.15, 0.2) is 24.3 Å². The molecule has 0 spiro atoms. The Balaban J connectivity index is 1.49. The Morgan fingerprint density at radius 3 is 2.91 bits per heavy atom. The molecule has 3 rings (SSSR count). The van der Waals surface area contributed by atoms with E-state index in [-0.39, 0.29) is 17.4 Å². The van der Waals surface area contributed by atoms with Crippen LogP contribution in [0.2, 0.25) is 0 Å². The number of aromatic nitrogens is 1. The SMILES string of the molecule is CC1(NC(=O)CSCc2nc3ccccc3s2)CCS(=O)(=O)C1. The number of para-hydroxylation sites is 1. The van der Waals surface area contributed by atoms with E-state index >= 15 is 0 Å². The van der Waals surface area contributed by atoms with Crippen LogP contribution < -0.4 is 5.32 Å². The third-order valence-electron chi connectivity index (χ3n) is 3.74. The molecule has 5 nitrogen and oxygen atoms in total. The second-order valence-electron chi connectivity index (χ2n) is 6.02. The molecule has 1 amide bonds. The lowest BCUT2D eigenvalue weighted by molar-refractivity contribution is -0.120. The highest BCUT2D eigenvalue weighted by Crippen LogP contribution is 2.25. The van der Waals surface area contributed by atoms with Gasteiger partial charge >= 0.3 is 0 Å². The van der Waals surface area contributed by atoms with E-state index in [1.54, 1.807) is 18.3 Å². The second-order valence-corrected chi connectivity index (χ2v) is 10.3.